The summed E-state index contributed by atoms with van der Waals surface area (Å²) in [5.41, 5.74) is 7.30. The van der Waals surface area contributed by atoms with E-state index >= 15 is 0 Å². The van der Waals surface area contributed by atoms with Gasteiger partial charge in [-0.3, -0.25) is 15.1 Å². The van der Waals surface area contributed by atoms with Crippen LogP contribution in [-0.4, -0.2) is 10.9 Å². The third-order valence-corrected chi connectivity index (χ3v) is 4.18. The van der Waals surface area contributed by atoms with Crippen molar-refractivity contribution in [1.29, 1.82) is 0 Å². The number of carbonyl (C=O) groups excluding carboxylic acids is 1. The number of aromatic nitrogens is 1. The van der Waals surface area contributed by atoms with Crippen LogP contribution < -0.4 is 11.1 Å². The molecule has 4 nitrogen and oxygen atoms in total. The molecule has 0 saturated carbocycles. The van der Waals surface area contributed by atoms with Crippen molar-refractivity contribution in [1.82, 2.24) is 10.3 Å². The van der Waals surface area contributed by atoms with Crippen molar-refractivity contribution in [3.05, 3.63) is 64.5 Å². The van der Waals surface area contributed by atoms with E-state index in [0.717, 1.165) is 16.5 Å². The number of hydrogen-bond donors (Lipinski definition) is 2. The van der Waals surface area contributed by atoms with E-state index in [-0.39, 0.29) is 5.91 Å². The average molecular weight is 297 g/mol. The molecule has 5 heteroatoms. The standard InChI is InChI=1S/C16H15N3OS/c17-16(20)15(19-10-13-4-2-8-21-13)12-5-6-14-11(9-12)3-1-7-18-14/h1-9,15,19H,10H2,(H2,17,20). The minimum atomic E-state index is -0.503. The van der Waals surface area contributed by atoms with E-state index in [4.69, 9.17) is 5.73 Å². The summed E-state index contributed by atoms with van der Waals surface area (Å²) in [6.07, 6.45) is 1.75. The Labute approximate surface area is 126 Å². The predicted octanol–water partition coefficient (Wildman–Crippen LogP) is 2.61. The summed E-state index contributed by atoms with van der Waals surface area (Å²) in [7, 11) is 0. The molecule has 3 rings (SSSR count). The number of nitrogens with zero attached hydrogens (tertiary/aromatic N) is 1. The number of pyridine rings is 1. The van der Waals surface area contributed by atoms with Crippen molar-refractivity contribution in [2.45, 2.75) is 12.6 Å². The van der Waals surface area contributed by atoms with Gasteiger partial charge in [0.15, 0.2) is 0 Å². The molecular formula is C16H15N3OS. The van der Waals surface area contributed by atoms with Gasteiger partial charge in [0.1, 0.15) is 6.04 Å². The predicted molar refractivity (Wildman–Crippen MR) is 84.8 cm³/mol. The normalized spacial score (nSPS) is 12.4. The van der Waals surface area contributed by atoms with Crippen LogP contribution in [0.1, 0.15) is 16.5 Å². The SMILES string of the molecule is NC(=O)C(NCc1cccs1)c1ccc2ncccc2c1. The minimum absolute atomic E-state index is 0.380. The lowest BCUT2D eigenvalue weighted by molar-refractivity contribution is -0.120. The number of benzene rings is 1. The molecule has 106 valence electrons. The zero-order valence-corrected chi connectivity index (χ0v) is 12.1. The van der Waals surface area contributed by atoms with Gasteiger partial charge >= 0.3 is 0 Å². The van der Waals surface area contributed by atoms with Crippen LogP contribution in [0.15, 0.2) is 54.0 Å². The maximum Gasteiger partial charge on any atom is 0.239 e. The van der Waals surface area contributed by atoms with Crippen molar-refractivity contribution >= 4 is 28.1 Å². The number of carbonyl (C=O) groups is 1. The molecule has 0 aliphatic carbocycles. The van der Waals surface area contributed by atoms with Crippen LogP contribution in [0, 0.1) is 0 Å². The van der Waals surface area contributed by atoms with Crippen LogP contribution in [-0.2, 0) is 11.3 Å². The van der Waals surface area contributed by atoms with Gasteiger partial charge in [0.2, 0.25) is 5.91 Å². The fourth-order valence-corrected chi connectivity index (χ4v) is 2.93. The van der Waals surface area contributed by atoms with E-state index in [0.29, 0.717) is 6.54 Å². The fraction of sp³-hybridized carbons (Fsp3) is 0.125. The average Bonchev–Trinajstić information content (AvgIpc) is 3.00. The molecule has 0 aliphatic heterocycles. The van der Waals surface area contributed by atoms with Crippen LogP contribution in [0.25, 0.3) is 10.9 Å². The van der Waals surface area contributed by atoms with Gasteiger partial charge in [0.25, 0.3) is 0 Å². The maximum atomic E-state index is 11.7. The van der Waals surface area contributed by atoms with E-state index in [1.807, 2.05) is 47.8 Å². The second-order valence-electron chi connectivity index (χ2n) is 4.75. The number of nitrogens with two attached hydrogens (primary N) is 1. The fourth-order valence-electron chi connectivity index (χ4n) is 2.27. The number of nitrogens with one attached hydrogen (secondary N) is 1. The highest BCUT2D eigenvalue weighted by molar-refractivity contribution is 7.09. The lowest BCUT2D eigenvalue weighted by atomic mass is 10.0. The number of hydrogen-bond acceptors (Lipinski definition) is 4. The minimum Gasteiger partial charge on any atom is -0.368 e. The number of fused-ring (bicyclic) bond motifs is 1. The lowest BCUT2D eigenvalue weighted by Crippen LogP contribution is -2.33. The lowest BCUT2D eigenvalue weighted by Gasteiger charge is -2.16. The Morgan fingerprint density at radius 3 is 2.95 bits per heavy atom. The van der Waals surface area contributed by atoms with Crippen molar-refractivity contribution in [3.8, 4) is 0 Å². The monoisotopic (exact) mass is 297 g/mol. The van der Waals surface area contributed by atoms with Crippen molar-refractivity contribution in [3.63, 3.8) is 0 Å². The Hall–Kier alpha value is -2.24. The van der Waals surface area contributed by atoms with Gasteiger partial charge in [0.05, 0.1) is 5.52 Å². The molecule has 2 aromatic heterocycles. The third kappa shape index (κ3) is 3.09. The van der Waals surface area contributed by atoms with Crippen molar-refractivity contribution in [2.24, 2.45) is 5.73 Å². The highest BCUT2D eigenvalue weighted by Gasteiger charge is 2.17. The van der Waals surface area contributed by atoms with E-state index < -0.39 is 6.04 Å². The van der Waals surface area contributed by atoms with Crippen LogP contribution >= 0.6 is 11.3 Å². The Bertz CT molecular complexity index is 755. The topological polar surface area (TPSA) is 68.0 Å². The van der Waals surface area contributed by atoms with E-state index in [2.05, 4.69) is 10.3 Å². The van der Waals surface area contributed by atoms with Gasteiger partial charge in [0, 0.05) is 23.0 Å². The first-order chi connectivity index (χ1) is 10.2. The number of rotatable bonds is 5. The second-order valence-corrected chi connectivity index (χ2v) is 5.78. The molecule has 1 aromatic carbocycles. The Morgan fingerprint density at radius 1 is 1.29 bits per heavy atom. The molecule has 0 saturated heterocycles. The molecule has 0 radical (unpaired) electrons. The molecule has 1 amide bonds. The summed E-state index contributed by atoms with van der Waals surface area (Å²) in [5, 5.41) is 6.23. The third-order valence-electron chi connectivity index (χ3n) is 3.31. The van der Waals surface area contributed by atoms with Crippen LogP contribution in [0.2, 0.25) is 0 Å². The van der Waals surface area contributed by atoms with Gasteiger partial charge < -0.3 is 5.73 Å². The zero-order valence-electron chi connectivity index (χ0n) is 11.3. The summed E-state index contributed by atoms with van der Waals surface area (Å²) < 4.78 is 0. The number of thiophene rings is 1. The highest BCUT2D eigenvalue weighted by Crippen LogP contribution is 2.20. The summed E-state index contributed by atoms with van der Waals surface area (Å²) in [6, 6.07) is 13.1. The van der Waals surface area contributed by atoms with Crippen molar-refractivity contribution < 1.29 is 4.79 Å². The molecule has 0 bridgehead atoms. The van der Waals surface area contributed by atoms with Gasteiger partial charge in [-0.1, -0.05) is 18.2 Å². The highest BCUT2D eigenvalue weighted by atomic mass is 32.1. The van der Waals surface area contributed by atoms with E-state index in [9.17, 15) is 4.79 Å². The second kappa shape index (κ2) is 6.03. The molecule has 2 heterocycles. The maximum absolute atomic E-state index is 11.7. The Balaban J connectivity index is 1.86. The zero-order chi connectivity index (χ0) is 14.7. The smallest absolute Gasteiger partial charge is 0.239 e. The first kappa shape index (κ1) is 13.7. The molecule has 0 fully saturated rings. The molecular weight excluding hydrogens is 282 g/mol. The summed E-state index contributed by atoms with van der Waals surface area (Å²) >= 11 is 1.65. The van der Waals surface area contributed by atoms with E-state index in [1.54, 1.807) is 17.5 Å². The van der Waals surface area contributed by atoms with Gasteiger partial charge in [-0.15, -0.1) is 11.3 Å². The number of amides is 1. The Kier molecular flexibility index (Phi) is 3.94. The molecule has 1 atom stereocenters. The molecule has 3 aromatic rings. The Morgan fingerprint density at radius 2 is 2.19 bits per heavy atom. The summed E-state index contributed by atoms with van der Waals surface area (Å²) in [5.74, 6) is -0.380. The molecule has 0 spiro atoms. The first-order valence-electron chi connectivity index (χ1n) is 6.64. The quantitative estimate of drug-likeness (QED) is 0.760. The summed E-state index contributed by atoms with van der Waals surface area (Å²) in [6.45, 7) is 0.621. The van der Waals surface area contributed by atoms with Crippen LogP contribution in [0.4, 0.5) is 0 Å². The van der Waals surface area contributed by atoms with Gasteiger partial charge in [-0.2, -0.15) is 0 Å². The van der Waals surface area contributed by atoms with Crippen LogP contribution in [0.5, 0.6) is 0 Å². The van der Waals surface area contributed by atoms with E-state index in [1.165, 1.54) is 4.88 Å². The van der Waals surface area contributed by atoms with Crippen molar-refractivity contribution in [2.75, 3.05) is 0 Å². The molecule has 1 unspecified atom stereocenters. The van der Waals surface area contributed by atoms with Crippen LogP contribution in [0.3, 0.4) is 0 Å². The largest absolute Gasteiger partial charge is 0.368 e. The first-order valence-corrected chi connectivity index (χ1v) is 7.52. The summed E-state index contributed by atoms with van der Waals surface area (Å²) in [4.78, 5) is 17.2. The van der Waals surface area contributed by atoms with Gasteiger partial charge in [-0.05, 0) is 35.2 Å². The van der Waals surface area contributed by atoms with Gasteiger partial charge in [-0.25, -0.2) is 0 Å². The number of primary amides is 1. The molecule has 3 N–H and O–H groups in total. The molecule has 21 heavy (non-hydrogen) atoms. The molecule has 0 aliphatic rings.